The number of nitrogens with one attached hydrogen (secondary N) is 2. The van der Waals surface area contributed by atoms with Crippen LogP contribution in [0.1, 0.15) is 103 Å². The number of benzene rings is 1. The van der Waals surface area contributed by atoms with Crippen molar-refractivity contribution >= 4 is 29.1 Å². The van der Waals surface area contributed by atoms with Crippen molar-refractivity contribution < 1.29 is 19.5 Å². The number of likely N-dealkylation sites (tertiary alicyclic amines) is 1. The van der Waals surface area contributed by atoms with E-state index >= 15 is 0 Å². The molecule has 5 rings (SSSR count). The van der Waals surface area contributed by atoms with E-state index in [4.69, 9.17) is 0 Å². The monoisotopic (exact) mass is 636 g/mol. The normalized spacial score (nSPS) is 25.4. The van der Waals surface area contributed by atoms with Gasteiger partial charge in [0.25, 0.3) is 0 Å². The SMILES string of the molecule is Cc1ncsc1-c1ccc(CNC(=O)C2CC(O)CN2C(=O)C(NC(=O)C2CCC(C3CCCCCC3)CC2)C(C)(C)C)cc1. The average molecular weight is 637 g/mol. The molecule has 1 saturated heterocycles. The van der Waals surface area contributed by atoms with E-state index in [0.717, 1.165) is 59.2 Å². The highest BCUT2D eigenvalue weighted by molar-refractivity contribution is 7.13. The summed E-state index contributed by atoms with van der Waals surface area (Å²) in [7, 11) is 0. The molecule has 0 radical (unpaired) electrons. The van der Waals surface area contributed by atoms with Crippen LogP contribution in [0.15, 0.2) is 29.8 Å². The number of hydrogen-bond donors (Lipinski definition) is 3. The fourth-order valence-corrected chi connectivity index (χ4v) is 8.49. The lowest BCUT2D eigenvalue weighted by molar-refractivity contribution is -0.144. The molecule has 1 aromatic carbocycles. The van der Waals surface area contributed by atoms with Gasteiger partial charge in [-0.25, -0.2) is 4.98 Å². The van der Waals surface area contributed by atoms with Gasteiger partial charge in [-0.1, -0.05) is 83.6 Å². The van der Waals surface area contributed by atoms with Crippen LogP contribution in [0.5, 0.6) is 0 Å². The van der Waals surface area contributed by atoms with Crippen LogP contribution in [0, 0.1) is 30.1 Å². The van der Waals surface area contributed by atoms with Crippen molar-refractivity contribution in [3.05, 3.63) is 41.0 Å². The lowest BCUT2D eigenvalue weighted by Gasteiger charge is -2.37. The lowest BCUT2D eigenvalue weighted by atomic mass is 9.73. The molecule has 3 unspecified atom stereocenters. The molecular weight excluding hydrogens is 584 g/mol. The number of hydrogen-bond acceptors (Lipinski definition) is 6. The molecule has 45 heavy (non-hydrogen) atoms. The van der Waals surface area contributed by atoms with E-state index in [0.29, 0.717) is 6.54 Å². The van der Waals surface area contributed by atoms with Gasteiger partial charge in [-0.05, 0) is 61.0 Å². The molecule has 0 spiro atoms. The average Bonchev–Trinajstić information content (AvgIpc) is 3.52. The molecule has 3 aliphatic rings. The van der Waals surface area contributed by atoms with E-state index in [1.54, 1.807) is 11.3 Å². The number of aryl methyl sites for hydroxylation is 1. The first kappa shape index (κ1) is 33.6. The number of rotatable bonds is 8. The predicted molar refractivity (Wildman–Crippen MR) is 178 cm³/mol. The molecule has 3 atom stereocenters. The highest BCUT2D eigenvalue weighted by Crippen LogP contribution is 2.39. The standard InChI is InChI=1S/C36H52N4O4S/c1-23-31(45-22-38-23)27-13-11-24(12-14-27)20-37-34(43)30-19-29(41)21-40(30)35(44)32(36(2,3)4)39-33(42)28-17-15-26(16-18-28)25-9-7-5-6-8-10-25/h11-14,22,25-26,28-30,32,41H,5-10,15-21H2,1-4H3,(H,37,43)(H,39,42). The predicted octanol–water partition coefficient (Wildman–Crippen LogP) is 6.00. The van der Waals surface area contributed by atoms with Gasteiger partial charge in [-0.3, -0.25) is 14.4 Å². The Morgan fingerprint density at radius 3 is 2.20 bits per heavy atom. The summed E-state index contributed by atoms with van der Waals surface area (Å²) in [6, 6.07) is 6.44. The van der Waals surface area contributed by atoms with Crippen molar-refractivity contribution in [2.24, 2.45) is 23.2 Å². The Balaban J connectivity index is 1.18. The molecule has 8 nitrogen and oxygen atoms in total. The van der Waals surface area contributed by atoms with E-state index in [-0.39, 0.29) is 36.6 Å². The van der Waals surface area contributed by atoms with E-state index in [1.807, 2.05) is 57.5 Å². The Morgan fingerprint density at radius 2 is 1.60 bits per heavy atom. The van der Waals surface area contributed by atoms with Crippen LogP contribution < -0.4 is 10.6 Å². The molecule has 3 fully saturated rings. The summed E-state index contributed by atoms with van der Waals surface area (Å²) in [5, 5.41) is 16.6. The zero-order valence-corrected chi connectivity index (χ0v) is 28.3. The zero-order valence-electron chi connectivity index (χ0n) is 27.5. The second-order valence-electron chi connectivity index (χ2n) is 14.7. The molecular formula is C36H52N4O4S. The van der Waals surface area contributed by atoms with Gasteiger partial charge in [0.05, 0.1) is 22.2 Å². The smallest absolute Gasteiger partial charge is 0.246 e. The fraction of sp³-hybridized carbons (Fsp3) is 0.667. The van der Waals surface area contributed by atoms with Gasteiger partial charge in [-0.15, -0.1) is 11.3 Å². The van der Waals surface area contributed by atoms with E-state index < -0.39 is 23.6 Å². The van der Waals surface area contributed by atoms with Crippen molar-refractivity contribution in [2.45, 2.75) is 123 Å². The number of β-amino-alcohol motifs (C(OH)–C–C–N with tert-alkyl or cyclic N) is 1. The maximum absolute atomic E-state index is 14.0. The van der Waals surface area contributed by atoms with Crippen LogP contribution in [0.3, 0.4) is 0 Å². The summed E-state index contributed by atoms with van der Waals surface area (Å²) in [6.45, 7) is 8.21. The largest absolute Gasteiger partial charge is 0.391 e. The molecule has 246 valence electrons. The number of carbonyl (C=O) groups is 3. The van der Waals surface area contributed by atoms with Gasteiger partial charge >= 0.3 is 0 Å². The molecule has 2 heterocycles. The number of amides is 3. The summed E-state index contributed by atoms with van der Waals surface area (Å²) in [5.41, 5.74) is 4.30. The summed E-state index contributed by atoms with van der Waals surface area (Å²) in [4.78, 5) is 47.9. The maximum atomic E-state index is 14.0. The Hall–Kier alpha value is -2.78. The number of aromatic nitrogens is 1. The summed E-state index contributed by atoms with van der Waals surface area (Å²) >= 11 is 1.60. The Bertz CT molecular complexity index is 1300. The van der Waals surface area contributed by atoms with Gasteiger partial charge in [-0.2, -0.15) is 0 Å². The first-order chi connectivity index (χ1) is 21.5. The first-order valence-corrected chi connectivity index (χ1v) is 17.9. The number of thiazole rings is 1. The van der Waals surface area contributed by atoms with Crippen LogP contribution in [0.25, 0.3) is 10.4 Å². The van der Waals surface area contributed by atoms with Crippen LogP contribution in [0.4, 0.5) is 0 Å². The van der Waals surface area contributed by atoms with Gasteiger partial charge in [0.15, 0.2) is 0 Å². The highest BCUT2D eigenvalue weighted by Gasteiger charge is 2.45. The zero-order chi connectivity index (χ0) is 32.1. The highest BCUT2D eigenvalue weighted by atomic mass is 32.1. The van der Waals surface area contributed by atoms with Crippen LogP contribution in [-0.2, 0) is 20.9 Å². The number of carbonyl (C=O) groups excluding carboxylic acids is 3. The minimum absolute atomic E-state index is 0.0553. The second kappa shape index (κ2) is 14.8. The van der Waals surface area contributed by atoms with E-state index in [2.05, 4.69) is 15.6 Å². The van der Waals surface area contributed by atoms with Crippen molar-refractivity contribution in [3.8, 4) is 10.4 Å². The Kier molecular flexibility index (Phi) is 11.0. The van der Waals surface area contributed by atoms with Crippen molar-refractivity contribution in [3.63, 3.8) is 0 Å². The number of aliphatic hydroxyl groups is 1. The van der Waals surface area contributed by atoms with Crippen LogP contribution in [-0.4, -0.2) is 57.4 Å². The van der Waals surface area contributed by atoms with Crippen LogP contribution >= 0.6 is 11.3 Å². The topological polar surface area (TPSA) is 112 Å². The summed E-state index contributed by atoms with van der Waals surface area (Å²) in [6.07, 6.45) is 11.4. The molecule has 3 amide bonds. The fourth-order valence-electron chi connectivity index (χ4n) is 7.68. The van der Waals surface area contributed by atoms with Gasteiger partial charge in [0, 0.05) is 25.4 Å². The third-order valence-corrected chi connectivity index (χ3v) is 11.4. The Labute approximate surface area is 272 Å². The van der Waals surface area contributed by atoms with Crippen LogP contribution in [0.2, 0.25) is 0 Å². The molecule has 1 aromatic heterocycles. The minimum atomic E-state index is -0.790. The third kappa shape index (κ3) is 8.33. The van der Waals surface area contributed by atoms with E-state index in [1.165, 1.54) is 43.4 Å². The third-order valence-electron chi connectivity index (χ3n) is 10.4. The molecule has 9 heteroatoms. The van der Waals surface area contributed by atoms with Crippen molar-refractivity contribution in [2.75, 3.05) is 6.54 Å². The molecule has 2 aromatic rings. The van der Waals surface area contributed by atoms with Crippen molar-refractivity contribution in [1.29, 1.82) is 0 Å². The molecule has 2 aliphatic carbocycles. The molecule has 3 N–H and O–H groups in total. The van der Waals surface area contributed by atoms with Crippen molar-refractivity contribution in [1.82, 2.24) is 20.5 Å². The number of aliphatic hydroxyl groups excluding tert-OH is 1. The number of nitrogens with zero attached hydrogens (tertiary/aromatic N) is 2. The summed E-state index contributed by atoms with van der Waals surface area (Å²) in [5.74, 6) is 0.789. The van der Waals surface area contributed by atoms with E-state index in [9.17, 15) is 19.5 Å². The summed E-state index contributed by atoms with van der Waals surface area (Å²) < 4.78 is 0. The Morgan fingerprint density at radius 1 is 0.956 bits per heavy atom. The quantitative estimate of drug-likeness (QED) is 0.308. The first-order valence-electron chi connectivity index (χ1n) is 17.1. The molecule has 1 aliphatic heterocycles. The van der Waals surface area contributed by atoms with Gasteiger partial charge in [0.2, 0.25) is 17.7 Å². The maximum Gasteiger partial charge on any atom is 0.246 e. The lowest BCUT2D eigenvalue weighted by Crippen LogP contribution is -2.58. The molecule has 2 saturated carbocycles. The molecule has 0 bridgehead atoms. The second-order valence-corrected chi connectivity index (χ2v) is 15.6. The van der Waals surface area contributed by atoms with Gasteiger partial charge in [0.1, 0.15) is 12.1 Å². The minimum Gasteiger partial charge on any atom is -0.391 e. The van der Waals surface area contributed by atoms with Gasteiger partial charge < -0.3 is 20.6 Å².